The molecule has 1 aliphatic rings. The summed E-state index contributed by atoms with van der Waals surface area (Å²) in [5.74, 6) is 0. The maximum Gasteiger partial charge on any atom is -0.0133 e. The predicted molar refractivity (Wildman–Crippen MR) is 50.3 cm³/mol. The molecular weight excluding hydrogens is 132 g/mol. The Hall–Kier alpha value is -0.520. The molecule has 0 fully saturated rings. The van der Waals surface area contributed by atoms with Gasteiger partial charge < -0.3 is 0 Å². The van der Waals surface area contributed by atoms with Crippen LogP contribution in [0.2, 0.25) is 0 Å². The molecule has 0 aliphatic heterocycles. The van der Waals surface area contributed by atoms with Gasteiger partial charge in [0.15, 0.2) is 0 Å². The summed E-state index contributed by atoms with van der Waals surface area (Å²) >= 11 is 0. The van der Waals surface area contributed by atoms with Gasteiger partial charge in [0.25, 0.3) is 0 Å². The van der Waals surface area contributed by atoms with Crippen molar-refractivity contribution in [3.05, 3.63) is 30.7 Å². The van der Waals surface area contributed by atoms with Gasteiger partial charge in [0.05, 0.1) is 0 Å². The molecule has 0 aromatic heterocycles. The van der Waals surface area contributed by atoms with Crippen molar-refractivity contribution in [3.63, 3.8) is 0 Å². The molecule has 11 heavy (non-hydrogen) atoms. The van der Waals surface area contributed by atoms with Crippen molar-refractivity contribution in [3.8, 4) is 0 Å². The van der Waals surface area contributed by atoms with Crippen LogP contribution in [0.25, 0.3) is 0 Å². The van der Waals surface area contributed by atoms with Gasteiger partial charge in [-0.3, -0.25) is 0 Å². The Kier molecular flexibility index (Phi) is 4.84. The Labute approximate surface area is 70.0 Å². The van der Waals surface area contributed by atoms with Crippen LogP contribution in [0.5, 0.6) is 0 Å². The first-order valence-corrected chi connectivity index (χ1v) is 4.63. The molecule has 0 N–H and O–H groups in total. The third kappa shape index (κ3) is 4.83. The summed E-state index contributed by atoms with van der Waals surface area (Å²) in [4.78, 5) is 0. The Morgan fingerprint density at radius 3 is 2.45 bits per heavy atom. The SMILES string of the molecule is [CH]1/C=C/CCCCC/C=C/C1. The van der Waals surface area contributed by atoms with Gasteiger partial charge in [0.2, 0.25) is 0 Å². The Morgan fingerprint density at radius 1 is 0.727 bits per heavy atom. The average molecular weight is 149 g/mol. The third-order valence-corrected chi connectivity index (χ3v) is 1.95. The van der Waals surface area contributed by atoms with Crippen LogP contribution in [0, 0.1) is 6.42 Å². The molecule has 0 saturated heterocycles. The minimum absolute atomic E-state index is 1.11. The standard InChI is InChI=1S/C11H17/c1-2-4-6-8-10-11-9-7-5-3-1/h1-3,6,8H,4-5,7,9-11H2/b3-1+,8-6+. The predicted octanol–water partition coefficient (Wildman–Crippen LogP) is 3.66. The number of hydrogen-bond acceptors (Lipinski definition) is 0. The molecule has 1 rings (SSSR count). The van der Waals surface area contributed by atoms with Crippen molar-refractivity contribution in [2.24, 2.45) is 0 Å². The van der Waals surface area contributed by atoms with E-state index in [-0.39, 0.29) is 0 Å². The van der Waals surface area contributed by atoms with Gasteiger partial charge in [0.1, 0.15) is 0 Å². The highest BCUT2D eigenvalue weighted by atomic mass is 13.9. The number of allylic oxidation sites excluding steroid dienone is 4. The summed E-state index contributed by atoms with van der Waals surface area (Å²) in [5.41, 5.74) is 0. The van der Waals surface area contributed by atoms with E-state index in [1.807, 2.05) is 0 Å². The normalized spacial score (nSPS) is 26.9. The van der Waals surface area contributed by atoms with E-state index in [2.05, 4.69) is 30.7 Å². The lowest BCUT2D eigenvalue weighted by molar-refractivity contribution is 0.696. The van der Waals surface area contributed by atoms with E-state index in [0.717, 1.165) is 6.42 Å². The quantitative estimate of drug-likeness (QED) is 0.461. The van der Waals surface area contributed by atoms with Gasteiger partial charge in [-0.25, -0.2) is 0 Å². The van der Waals surface area contributed by atoms with Gasteiger partial charge in [-0.05, 0) is 38.5 Å². The summed E-state index contributed by atoms with van der Waals surface area (Å²) < 4.78 is 0. The van der Waals surface area contributed by atoms with Crippen molar-refractivity contribution >= 4 is 0 Å². The average Bonchev–Trinajstić information content (AvgIpc) is 2.08. The van der Waals surface area contributed by atoms with Crippen LogP contribution in [0.1, 0.15) is 38.5 Å². The monoisotopic (exact) mass is 149 g/mol. The first-order chi connectivity index (χ1) is 5.50. The largest absolute Gasteiger partial charge is 0.0885 e. The maximum atomic E-state index is 2.30. The van der Waals surface area contributed by atoms with E-state index >= 15 is 0 Å². The summed E-state index contributed by atoms with van der Waals surface area (Å²) in [6.45, 7) is 0. The molecule has 0 heterocycles. The first-order valence-electron chi connectivity index (χ1n) is 4.63. The van der Waals surface area contributed by atoms with Gasteiger partial charge in [-0.2, -0.15) is 0 Å². The second-order valence-electron chi connectivity index (χ2n) is 3.01. The van der Waals surface area contributed by atoms with Crippen LogP contribution >= 0.6 is 0 Å². The van der Waals surface area contributed by atoms with E-state index in [1.165, 1.54) is 32.1 Å². The van der Waals surface area contributed by atoms with Crippen molar-refractivity contribution in [1.29, 1.82) is 0 Å². The topological polar surface area (TPSA) is 0 Å². The van der Waals surface area contributed by atoms with E-state index in [0.29, 0.717) is 0 Å². The second kappa shape index (κ2) is 6.21. The van der Waals surface area contributed by atoms with E-state index in [9.17, 15) is 0 Å². The molecular formula is C11H17. The molecule has 0 amide bonds. The minimum Gasteiger partial charge on any atom is -0.0885 e. The Balaban J connectivity index is 2.22. The van der Waals surface area contributed by atoms with Gasteiger partial charge in [0, 0.05) is 0 Å². The van der Waals surface area contributed by atoms with Gasteiger partial charge in [-0.15, -0.1) is 0 Å². The molecule has 1 radical (unpaired) electrons. The molecule has 0 nitrogen and oxygen atoms in total. The molecule has 0 spiro atoms. The van der Waals surface area contributed by atoms with Crippen LogP contribution in [0.4, 0.5) is 0 Å². The van der Waals surface area contributed by atoms with Crippen molar-refractivity contribution in [2.45, 2.75) is 38.5 Å². The zero-order chi connectivity index (χ0) is 7.78. The highest BCUT2D eigenvalue weighted by Gasteiger charge is 1.87. The molecule has 61 valence electrons. The Morgan fingerprint density at radius 2 is 1.55 bits per heavy atom. The summed E-state index contributed by atoms with van der Waals surface area (Å²) in [7, 11) is 0. The Bertz CT molecular complexity index is 115. The first kappa shape index (κ1) is 8.58. The second-order valence-corrected chi connectivity index (χ2v) is 3.01. The van der Waals surface area contributed by atoms with Crippen LogP contribution < -0.4 is 0 Å². The van der Waals surface area contributed by atoms with Crippen molar-refractivity contribution in [2.75, 3.05) is 0 Å². The molecule has 0 saturated carbocycles. The number of rotatable bonds is 0. The van der Waals surface area contributed by atoms with Crippen molar-refractivity contribution < 1.29 is 0 Å². The molecule has 0 atom stereocenters. The lowest BCUT2D eigenvalue weighted by atomic mass is 10.1. The molecule has 0 aromatic rings. The maximum absolute atomic E-state index is 2.30. The molecule has 0 heteroatoms. The van der Waals surface area contributed by atoms with Gasteiger partial charge in [-0.1, -0.05) is 30.7 Å². The fraction of sp³-hybridized carbons (Fsp3) is 0.545. The van der Waals surface area contributed by atoms with E-state index < -0.39 is 0 Å². The molecule has 0 aromatic carbocycles. The third-order valence-electron chi connectivity index (χ3n) is 1.95. The molecule has 0 unspecified atom stereocenters. The van der Waals surface area contributed by atoms with E-state index in [4.69, 9.17) is 0 Å². The molecule has 0 bridgehead atoms. The van der Waals surface area contributed by atoms with Crippen LogP contribution in [-0.2, 0) is 0 Å². The summed E-state index contributed by atoms with van der Waals surface area (Å²) in [6.07, 6.45) is 19.0. The fourth-order valence-corrected chi connectivity index (χ4v) is 1.26. The number of hydrogen-bond donors (Lipinski definition) is 0. The lowest BCUT2D eigenvalue weighted by Crippen LogP contribution is -1.73. The summed E-state index contributed by atoms with van der Waals surface area (Å²) in [5, 5.41) is 0. The lowest BCUT2D eigenvalue weighted by Gasteiger charge is -1.93. The summed E-state index contributed by atoms with van der Waals surface area (Å²) in [6, 6.07) is 0. The van der Waals surface area contributed by atoms with E-state index in [1.54, 1.807) is 0 Å². The zero-order valence-corrected chi connectivity index (χ0v) is 7.13. The van der Waals surface area contributed by atoms with Crippen LogP contribution in [0.3, 0.4) is 0 Å². The molecule has 1 aliphatic carbocycles. The van der Waals surface area contributed by atoms with Crippen LogP contribution in [-0.4, -0.2) is 0 Å². The zero-order valence-electron chi connectivity index (χ0n) is 7.13. The van der Waals surface area contributed by atoms with Gasteiger partial charge >= 0.3 is 0 Å². The van der Waals surface area contributed by atoms with Crippen LogP contribution in [0.15, 0.2) is 24.3 Å². The van der Waals surface area contributed by atoms with Crippen molar-refractivity contribution in [1.82, 2.24) is 0 Å². The fourth-order valence-electron chi connectivity index (χ4n) is 1.26. The minimum atomic E-state index is 1.11. The highest BCUT2D eigenvalue weighted by molar-refractivity contribution is 5.00. The highest BCUT2D eigenvalue weighted by Crippen LogP contribution is 2.07. The smallest absolute Gasteiger partial charge is 0.0133 e.